The molecule has 1 atom stereocenters. The summed E-state index contributed by atoms with van der Waals surface area (Å²) in [6.07, 6.45) is 0.227. The van der Waals surface area contributed by atoms with Gasteiger partial charge in [0.2, 0.25) is 17.3 Å². The van der Waals surface area contributed by atoms with Gasteiger partial charge in [-0.2, -0.15) is 4.74 Å². The molecule has 0 aliphatic heterocycles. The van der Waals surface area contributed by atoms with E-state index in [9.17, 15) is 9.59 Å². The summed E-state index contributed by atoms with van der Waals surface area (Å²) in [5.74, 6) is -1.65. The fourth-order valence-electron chi connectivity index (χ4n) is 5.35. The van der Waals surface area contributed by atoms with E-state index >= 15 is 8.78 Å². The minimum Gasteiger partial charge on any atom is -0.480 e. The number of halogens is 2. The van der Waals surface area contributed by atoms with Crippen LogP contribution in [0, 0.1) is 11.6 Å². The Morgan fingerprint density at radius 3 is 2.38 bits per heavy atom. The van der Waals surface area contributed by atoms with Gasteiger partial charge in [0.1, 0.15) is 29.7 Å². The Labute approximate surface area is 305 Å². The topological polar surface area (TPSA) is 175 Å². The number of carbonyl (C=O) groups excluding carboxylic acids is 2. The molecule has 0 aliphatic rings. The molecule has 0 radical (unpaired) electrons. The van der Waals surface area contributed by atoms with E-state index in [-0.39, 0.29) is 35.3 Å². The number of hydrogen-bond acceptors (Lipinski definition) is 11. The number of primary amides is 1. The Morgan fingerprint density at radius 1 is 1.00 bits per heavy atom. The smallest absolute Gasteiger partial charge is 0.413 e. The zero-order chi connectivity index (χ0) is 37.7. The molecule has 0 saturated carbocycles. The van der Waals surface area contributed by atoms with Crippen molar-refractivity contribution in [1.82, 2.24) is 24.8 Å². The summed E-state index contributed by atoms with van der Waals surface area (Å²) in [7, 11) is 1.43. The highest BCUT2D eigenvalue weighted by Crippen LogP contribution is 2.44. The van der Waals surface area contributed by atoms with E-state index in [1.165, 1.54) is 47.6 Å². The number of nitrogens with two attached hydrogens (primary N) is 1. The second kappa shape index (κ2) is 15.6. The van der Waals surface area contributed by atoms with E-state index < -0.39 is 41.9 Å². The number of hydrogen-bond donors (Lipinski definition) is 2. The number of anilines is 1. The van der Waals surface area contributed by atoms with Gasteiger partial charge in [0.05, 0.1) is 13.7 Å². The molecule has 276 valence electrons. The Hall–Kier alpha value is -6.23. The number of thiophene rings is 1. The molecule has 0 fully saturated rings. The summed E-state index contributed by atoms with van der Waals surface area (Å²) in [5.41, 5.74) is 6.69. The minimum atomic E-state index is -0.982. The number of ether oxygens (including phenoxy) is 3. The molecule has 2 aromatic carbocycles. The van der Waals surface area contributed by atoms with Crippen LogP contribution in [0.1, 0.15) is 43.4 Å². The summed E-state index contributed by atoms with van der Waals surface area (Å²) in [4.78, 5) is 30.7. The average molecular weight is 748 g/mol. The average Bonchev–Trinajstić information content (AvgIpc) is 3.51. The third-order valence-electron chi connectivity index (χ3n) is 7.66. The van der Waals surface area contributed by atoms with Crippen molar-refractivity contribution >= 4 is 39.8 Å². The van der Waals surface area contributed by atoms with E-state index in [0.29, 0.717) is 27.3 Å². The number of benzene rings is 2. The van der Waals surface area contributed by atoms with Crippen LogP contribution in [0.2, 0.25) is 0 Å². The Kier molecular flexibility index (Phi) is 10.7. The van der Waals surface area contributed by atoms with Crippen LogP contribution in [0.3, 0.4) is 0 Å². The predicted octanol–water partition coefficient (Wildman–Crippen LogP) is 7.76. The van der Waals surface area contributed by atoms with Crippen molar-refractivity contribution in [3.05, 3.63) is 107 Å². The number of nitrogens with zero attached hydrogens (tertiary/aromatic N) is 5. The largest absolute Gasteiger partial charge is 0.480 e. The molecule has 17 heteroatoms. The van der Waals surface area contributed by atoms with Gasteiger partial charge in [0.15, 0.2) is 4.83 Å². The lowest BCUT2D eigenvalue weighted by molar-refractivity contribution is 0.0268. The minimum absolute atomic E-state index is 0.0707. The van der Waals surface area contributed by atoms with Crippen molar-refractivity contribution in [3.63, 3.8) is 0 Å². The lowest BCUT2D eigenvalue weighted by atomic mass is 9.91. The van der Waals surface area contributed by atoms with Crippen LogP contribution >= 0.6 is 11.3 Å². The number of amides is 2. The number of carbonyl (C=O) groups is 2. The molecule has 4 aromatic heterocycles. The molecular weight excluding hydrogens is 713 g/mol. The van der Waals surface area contributed by atoms with Gasteiger partial charge in [-0.3, -0.25) is 9.95 Å². The normalized spacial score (nSPS) is 12.0. The quantitative estimate of drug-likeness (QED) is 0.133. The summed E-state index contributed by atoms with van der Waals surface area (Å²) in [6, 6.07) is 19.4. The third-order valence-corrected chi connectivity index (χ3v) is 8.90. The summed E-state index contributed by atoms with van der Waals surface area (Å²) in [6.45, 7) is 4.67. The van der Waals surface area contributed by atoms with Gasteiger partial charge in [-0.25, -0.2) is 23.4 Å². The molecule has 6 aromatic rings. The molecule has 0 spiro atoms. The number of rotatable bonds is 11. The van der Waals surface area contributed by atoms with E-state index in [2.05, 4.69) is 20.5 Å². The van der Waals surface area contributed by atoms with Crippen molar-refractivity contribution in [2.45, 2.75) is 45.3 Å². The van der Waals surface area contributed by atoms with Crippen molar-refractivity contribution in [2.75, 3.05) is 19.0 Å². The first kappa shape index (κ1) is 36.6. The van der Waals surface area contributed by atoms with E-state index in [0.717, 1.165) is 22.6 Å². The first-order chi connectivity index (χ1) is 25.4. The fourth-order valence-corrected chi connectivity index (χ4v) is 6.59. The van der Waals surface area contributed by atoms with Crippen LogP contribution in [0.25, 0.3) is 26.7 Å². The van der Waals surface area contributed by atoms with Crippen LogP contribution in [0.4, 0.5) is 24.2 Å². The van der Waals surface area contributed by atoms with Gasteiger partial charge in [0, 0.05) is 44.7 Å². The second-order valence-electron chi connectivity index (χ2n) is 12.7. The number of pyridine rings is 1. The molecular formula is C36H35F2N7O7S. The van der Waals surface area contributed by atoms with Crippen molar-refractivity contribution in [2.24, 2.45) is 5.73 Å². The zero-order valence-electron chi connectivity index (χ0n) is 29.0. The van der Waals surface area contributed by atoms with Gasteiger partial charge in [-0.15, -0.1) is 21.5 Å². The predicted molar refractivity (Wildman–Crippen MR) is 190 cm³/mol. The molecule has 3 N–H and O–H groups in total. The van der Waals surface area contributed by atoms with Gasteiger partial charge < -0.3 is 24.5 Å². The molecule has 53 heavy (non-hydrogen) atoms. The van der Waals surface area contributed by atoms with Crippen molar-refractivity contribution in [1.29, 1.82) is 0 Å². The van der Waals surface area contributed by atoms with Crippen LogP contribution in [0.15, 0.2) is 88.1 Å². The molecule has 4 heterocycles. The Bertz CT molecular complexity index is 2230. The Balaban J connectivity index is 1.58. The third kappa shape index (κ3) is 8.81. The number of nitrogens with one attached hydrogen (secondary N) is 1. The first-order valence-electron chi connectivity index (χ1n) is 16.2. The van der Waals surface area contributed by atoms with Crippen LogP contribution < -0.4 is 15.8 Å². The highest BCUT2D eigenvalue weighted by Gasteiger charge is 2.30. The zero-order valence-corrected chi connectivity index (χ0v) is 29.9. The van der Waals surface area contributed by atoms with Gasteiger partial charge in [-0.05, 0) is 63.1 Å². The molecule has 6 rings (SSSR count). The van der Waals surface area contributed by atoms with Gasteiger partial charge >= 0.3 is 12.2 Å². The molecule has 0 bridgehead atoms. The number of methoxy groups -OCH3 is 1. The Morgan fingerprint density at radius 2 is 1.75 bits per heavy atom. The number of aromatic nitrogens is 5. The molecule has 1 unspecified atom stereocenters. The van der Waals surface area contributed by atoms with Crippen molar-refractivity contribution < 1.29 is 41.7 Å². The van der Waals surface area contributed by atoms with Gasteiger partial charge in [0.25, 0.3) is 0 Å². The standard InChI is InChI=1S/C36H35F2N7O7S/c1-36(2,3)50-35(47)41-27-14-13-22(18-40-27)32-30(23(20-49-34(39)46)17-21-9-6-5-7-10-21)31-33(53-32)44(19-24-25(37)11-8-12-26(24)38)52-45(51-31)28-15-16-29(48-4)43-42-28/h5-16,18,23H,17,19-20H2,1-4H3,(H2,39,46)(H,40,41,47). The lowest BCUT2D eigenvalue weighted by Gasteiger charge is -2.19. The number of fused-ring (bicyclic) bond motifs is 1. The molecule has 2 amide bonds. The molecule has 0 saturated heterocycles. The first-order valence-corrected chi connectivity index (χ1v) is 17.0. The maximum absolute atomic E-state index is 15.1. The van der Waals surface area contributed by atoms with E-state index in [1.54, 1.807) is 32.9 Å². The van der Waals surface area contributed by atoms with Crippen LogP contribution in [-0.4, -0.2) is 56.3 Å². The van der Waals surface area contributed by atoms with Crippen LogP contribution in [0.5, 0.6) is 5.88 Å². The molecule has 0 aliphatic carbocycles. The van der Waals surface area contributed by atoms with Gasteiger partial charge in [-0.1, -0.05) is 36.4 Å². The SMILES string of the molecule is COc1ccc(-n2oc3c(C(COC(N)=O)Cc4ccccc4)c(-c4ccc(NC(=O)OC(C)(C)C)nc4)sc3n(Cc3c(F)cccc3F)o2)nn1. The highest BCUT2D eigenvalue weighted by molar-refractivity contribution is 7.22. The monoisotopic (exact) mass is 747 g/mol. The highest BCUT2D eigenvalue weighted by atomic mass is 32.1. The lowest BCUT2D eigenvalue weighted by Crippen LogP contribution is -2.27. The summed E-state index contributed by atoms with van der Waals surface area (Å²) in [5, 5.41) is 10.7. The summed E-state index contributed by atoms with van der Waals surface area (Å²) < 4.78 is 59.8. The van der Waals surface area contributed by atoms with E-state index in [1.807, 2.05) is 30.3 Å². The van der Waals surface area contributed by atoms with Crippen LogP contribution in [-0.2, 0) is 22.4 Å². The van der Waals surface area contributed by atoms with E-state index in [4.69, 9.17) is 29.1 Å². The fraction of sp³-hybridized carbons (Fsp3) is 0.250. The van der Waals surface area contributed by atoms with Crippen molar-refractivity contribution in [3.8, 4) is 22.1 Å². The second-order valence-corrected chi connectivity index (χ2v) is 13.7. The summed E-state index contributed by atoms with van der Waals surface area (Å²) >= 11 is 1.18. The maximum Gasteiger partial charge on any atom is 0.413 e. The maximum atomic E-state index is 15.1. The molecule has 14 nitrogen and oxygen atoms in total.